The summed E-state index contributed by atoms with van der Waals surface area (Å²) >= 11 is 0. The van der Waals surface area contributed by atoms with Gasteiger partial charge in [0.25, 0.3) is 0 Å². The van der Waals surface area contributed by atoms with E-state index in [0.29, 0.717) is 0 Å². The first-order valence-corrected chi connectivity index (χ1v) is 4.78. The third kappa shape index (κ3) is 2.09. The summed E-state index contributed by atoms with van der Waals surface area (Å²) in [7, 11) is 0. The van der Waals surface area contributed by atoms with Gasteiger partial charge in [-0.2, -0.15) is 5.10 Å². The quantitative estimate of drug-likeness (QED) is 0.864. The van der Waals surface area contributed by atoms with Crippen LogP contribution in [-0.2, 0) is 6.54 Å². The molecular weight excluding hydrogens is 214 g/mol. The summed E-state index contributed by atoms with van der Waals surface area (Å²) in [5.74, 6) is -1.97. The van der Waals surface area contributed by atoms with Crippen molar-refractivity contribution in [1.82, 2.24) is 9.78 Å². The molecule has 0 fully saturated rings. The summed E-state index contributed by atoms with van der Waals surface area (Å²) in [6, 6.07) is 5.42. The van der Waals surface area contributed by atoms with Gasteiger partial charge in [0, 0.05) is 18.0 Å². The second-order valence-corrected chi connectivity index (χ2v) is 3.39. The third-order valence-electron chi connectivity index (χ3n) is 2.26. The van der Waals surface area contributed by atoms with Gasteiger partial charge in [-0.3, -0.25) is 4.68 Å². The van der Waals surface area contributed by atoms with E-state index in [1.54, 1.807) is 18.5 Å². The number of aliphatic hydroxyl groups is 1. The van der Waals surface area contributed by atoms with E-state index in [1.165, 1.54) is 16.8 Å². The Morgan fingerprint density at radius 2 is 2.12 bits per heavy atom. The van der Waals surface area contributed by atoms with Crippen LogP contribution in [0.15, 0.2) is 36.7 Å². The van der Waals surface area contributed by atoms with Gasteiger partial charge < -0.3 is 5.11 Å². The van der Waals surface area contributed by atoms with Crippen LogP contribution in [0.2, 0.25) is 0 Å². The van der Waals surface area contributed by atoms with Gasteiger partial charge in [0.05, 0.1) is 6.54 Å². The van der Waals surface area contributed by atoms with Crippen LogP contribution < -0.4 is 0 Å². The van der Waals surface area contributed by atoms with Crippen LogP contribution in [0.25, 0.3) is 0 Å². The minimum Gasteiger partial charge on any atom is -0.386 e. The molecular formula is C11H10F2N2O. The zero-order chi connectivity index (χ0) is 11.5. The molecule has 84 valence electrons. The molecule has 2 rings (SSSR count). The Balaban J connectivity index is 2.21. The molecule has 5 heteroatoms. The minimum atomic E-state index is -1.12. The summed E-state index contributed by atoms with van der Waals surface area (Å²) in [5, 5.41) is 13.6. The molecule has 0 radical (unpaired) electrons. The van der Waals surface area contributed by atoms with Crippen molar-refractivity contribution in [3.8, 4) is 0 Å². The van der Waals surface area contributed by atoms with E-state index in [0.717, 1.165) is 6.07 Å². The molecule has 1 atom stereocenters. The molecule has 1 unspecified atom stereocenters. The molecule has 3 nitrogen and oxygen atoms in total. The van der Waals surface area contributed by atoms with Crippen LogP contribution in [0, 0.1) is 11.6 Å². The number of aromatic nitrogens is 2. The molecule has 0 saturated carbocycles. The lowest BCUT2D eigenvalue weighted by molar-refractivity contribution is 0.146. The maximum atomic E-state index is 13.3. The molecule has 0 aliphatic carbocycles. The lowest BCUT2D eigenvalue weighted by atomic mass is 10.1. The summed E-state index contributed by atoms with van der Waals surface area (Å²) in [6.07, 6.45) is 2.07. The molecule has 1 aromatic heterocycles. The molecule has 2 aromatic rings. The average Bonchev–Trinajstić information content (AvgIpc) is 2.74. The number of nitrogens with zero attached hydrogens (tertiary/aromatic N) is 2. The van der Waals surface area contributed by atoms with E-state index in [2.05, 4.69) is 5.10 Å². The highest BCUT2D eigenvalue weighted by molar-refractivity contribution is 5.21. The maximum Gasteiger partial charge on any atom is 0.164 e. The number of hydrogen-bond donors (Lipinski definition) is 1. The normalized spacial score (nSPS) is 12.7. The van der Waals surface area contributed by atoms with Gasteiger partial charge in [0.15, 0.2) is 11.6 Å². The Bertz CT molecular complexity index is 471. The topological polar surface area (TPSA) is 38.0 Å². The van der Waals surface area contributed by atoms with Gasteiger partial charge in [-0.15, -0.1) is 0 Å². The van der Waals surface area contributed by atoms with Gasteiger partial charge >= 0.3 is 0 Å². The van der Waals surface area contributed by atoms with Crippen molar-refractivity contribution in [1.29, 1.82) is 0 Å². The van der Waals surface area contributed by atoms with Crippen LogP contribution in [0.5, 0.6) is 0 Å². The third-order valence-corrected chi connectivity index (χ3v) is 2.26. The summed E-state index contributed by atoms with van der Waals surface area (Å²) < 4.78 is 27.7. The van der Waals surface area contributed by atoms with E-state index < -0.39 is 17.7 Å². The van der Waals surface area contributed by atoms with Crippen molar-refractivity contribution < 1.29 is 13.9 Å². The highest BCUT2D eigenvalue weighted by Crippen LogP contribution is 2.20. The van der Waals surface area contributed by atoms with Crippen molar-refractivity contribution >= 4 is 0 Å². The number of rotatable bonds is 3. The Morgan fingerprint density at radius 3 is 2.81 bits per heavy atom. The van der Waals surface area contributed by atoms with Crippen molar-refractivity contribution in [3.63, 3.8) is 0 Å². The fourth-order valence-electron chi connectivity index (χ4n) is 1.46. The van der Waals surface area contributed by atoms with Crippen LogP contribution in [0.3, 0.4) is 0 Å². The van der Waals surface area contributed by atoms with Crippen molar-refractivity contribution in [2.45, 2.75) is 12.6 Å². The Hall–Kier alpha value is -1.75. The van der Waals surface area contributed by atoms with Crippen molar-refractivity contribution in [2.75, 3.05) is 0 Å². The Labute approximate surface area is 91.0 Å². The van der Waals surface area contributed by atoms with E-state index in [-0.39, 0.29) is 12.1 Å². The average molecular weight is 224 g/mol. The molecule has 1 N–H and O–H groups in total. The number of aliphatic hydroxyl groups excluding tert-OH is 1. The molecule has 1 heterocycles. The van der Waals surface area contributed by atoms with Crippen LogP contribution >= 0.6 is 0 Å². The fourth-order valence-corrected chi connectivity index (χ4v) is 1.46. The molecule has 0 bridgehead atoms. The highest BCUT2D eigenvalue weighted by atomic mass is 19.2. The molecule has 0 amide bonds. The minimum absolute atomic E-state index is 0.0597. The van der Waals surface area contributed by atoms with Gasteiger partial charge in [0.1, 0.15) is 6.10 Å². The van der Waals surface area contributed by atoms with E-state index in [9.17, 15) is 13.9 Å². The van der Waals surface area contributed by atoms with Gasteiger partial charge in [-0.05, 0) is 12.1 Å². The standard InChI is InChI=1S/C11H10F2N2O/c12-9-4-1-3-8(11(9)13)10(16)7-15-6-2-5-14-15/h1-6,10,16H,7H2. The van der Waals surface area contributed by atoms with E-state index in [1.807, 2.05) is 0 Å². The molecule has 0 aliphatic rings. The maximum absolute atomic E-state index is 13.3. The fraction of sp³-hybridized carbons (Fsp3) is 0.182. The number of benzene rings is 1. The first-order chi connectivity index (χ1) is 7.68. The van der Waals surface area contributed by atoms with Crippen LogP contribution in [0.1, 0.15) is 11.7 Å². The molecule has 0 aliphatic heterocycles. The van der Waals surface area contributed by atoms with Crippen molar-refractivity contribution in [3.05, 3.63) is 53.9 Å². The monoisotopic (exact) mass is 224 g/mol. The zero-order valence-electron chi connectivity index (χ0n) is 8.35. The molecule has 16 heavy (non-hydrogen) atoms. The first kappa shape index (κ1) is 10.8. The summed E-state index contributed by atoms with van der Waals surface area (Å²) in [6.45, 7) is 0.0906. The second-order valence-electron chi connectivity index (χ2n) is 3.39. The van der Waals surface area contributed by atoms with Crippen LogP contribution in [0.4, 0.5) is 8.78 Å². The predicted molar refractivity (Wildman–Crippen MR) is 53.5 cm³/mol. The molecule has 0 spiro atoms. The summed E-state index contributed by atoms with van der Waals surface area (Å²) in [4.78, 5) is 0. The van der Waals surface area contributed by atoms with Gasteiger partial charge in [0.2, 0.25) is 0 Å². The number of hydrogen-bond acceptors (Lipinski definition) is 2. The lowest BCUT2D eigenvalue weighted by Gasteiger charge is -2.12. The van der Waals surface area contributed by atoms with E-state index in [4.69, 9.17) is 0 Å². The smallest absolute Gasteiger partial charge is 0.164 e. The Morgan fingerprint density at radius 1 is 1.31 bits per heavy atom. The van der Waals surface area contributed by atoms with Gasteiger partial charge in [-0.25, -0.2) is 8.78 Å². The Kier molecular flexibility index (Phi) is 2.96. The zero-order valence-corrected chi connectivity index (χ0v) is 8.35. The molecule has 0 saturated heterocycles. The summed E-state index contributed by atoms with van der Waals surface area (Å²) in [5.41, 5.74) is -0.0597. The predicted octanol–water partition coefficient (Wildman–Crippen LogP) is 1.89. The lowest BCUT2D eigenvalue weighted by Crippen LogP contribution is -2.11. The van der Waals surface area contributed by atoms with Gasteiger partial charge in [-0.1, -0.05) is 12.1 Å². The molecule has 1 aromatic carbocycles. The second kappa shape index (κ2) is 4.40. The van der Waals surface area contributed by atoms with Crippen LogP contribution in [-0.4, -0.2) is 14.9 Å². The largest absolute Gasteiger partial charge is 0.386 e. The SMILES string of the molecule is OC(Cn1cccn1)c1cccc(F)c1F. The number of halogens is 2. The first-order valence-electron chi connectivity index (χ1n) is 4.78. The van der Waals surface area contributed by atoms with Crippen molar-refractivity contribution in [2.24, 2.45) is 0 Å². The highest BCUT2D eigenvalue weighted by Gasteiger charge is 2.16. The van der Waals surface area contributed by atoms with E-state index >= 15 is 0 Å².